The van der Waals surface area contributed by atoms with Crippen molar-refractivity contribution in [3.8, 4) is 0 Å². The molecule has 0 bridgehead atoms. The van der Waals surface area contributed by atoms with Gasteiger partial charge in [0.05, 0.1) is 5.56 Å². The third kappa shape index (κ3) is 3.51. The third-order valence-corrected chi connectivity index (χ3v) is 6.28. The Morgan fingerprint density at radius 1 is 1.00 bits per heavy atom. The lowest BCUT2D eigenvalue weighted by molar-refractivity contribution is 0.0694. The van der Waals surface area contributed by atoms with Crippen molar-refractivity contribution in [2.75, 3.05) is 13.1 Å². The average Bonchev–Trinajstić information content (AvgIpc) is 3.40. The average molecular weight is 342 g/mol. The van der Waals surface area contributed by atoms with Crippen molar-refractivity contribution in [2.45, 2.75) is 50.5 Å². The van der Waals surface area contributed by atoms with Crippen LogP contribution in [-0.2, 0) is 0 Å². The Bertz CT molecular complexity index is 667. The zero-order valence-corrected chi connectivity index (χ0v) is 14.5. The topological polar surface area (TPSA) is 69.6 Å². The van der Waals surface area contributed by atoms with Gasteiger partial charge in [0.2, 0.25) is 0 Å². The number of hydrogen-bond donors (Lipinski definition) is 2. The molecule has 1 saturated heterocycles. The zero-order chi connectivity index (χ0) is 17.4. The molecule has 3 unspecified atom stereocenters. The number of amides is 2. The van der Waals surface area contributed by atoms with Crippen molar-refractivity contribution in [3.63, 3.8) is 0 Å². The van der Waals surface area contributed by atoms with Gasteiger partial charge in [0.1, 0.15) is 0 Å². The van der Waals surface area contributed by atoms with E-state index in [4.69, 9.17) is 0 Å². The molecule has 3 fully saturated rings. The number of carboxylic acid groups (broad SMARTS) is 1. The van der Waals surface area contributed by atoms with Crippen LogP contribution in [0.3, 0.4) is 0 Å². The first-order valence-electron chi connectivity index (χ1n) is 9.49. The number of carbonyl (C=O) groups is 2. The van der Waals surface area contributed by atoms with Crippen LogP contribution in [0, 0.1) is 11.8 Å². The van der Waals surface area contributed by atoms with Crippen LogP contribution in [0.2, 0.25) is 0 Å². The van der Waals surface area contributed by atoms with E-state index in [0.717, 1.165) is 43.1 Å². The molecule has 1 heterocycles. The molecule has 1 aromatic carbocycles. The highest BCUT2D eigenvalue weighted by molar-refractivity contribution is 5.89. The summed E-state index contributed by atoms with van der Waals surface area (Å²) in [5.41, 5.74) is 1.30. The minimum atomic E-state index is -0.869. The molecule has 4 rings (SSSR count). The van der Waals surface area contributed by atoms with Gasteiger partial charge in [-0.3, -0.25) is 0 Å². The molecule has 3 atom stereocenters. The maximum atomic E-state index is 12.5. The van der Waals surface area contributed by atoms with Crippen molar-refractivity contribution < 1.29 is 14.7 Å². The Kier molecular flexibility index (Phi) is 4.40. The van der Waals surface area contributed by atoms with E-state index in [9.17, 15) is 14.7 Å². The minimum absolute atomic E-state index is 0.0640. The van der Waals surface area contributed by atoms with Gasteiger partial charge < -0.3 is 15.3 Å². The van der Waals surface area contributed by atoms with Gasteiger partial charge in [-0.15, -0.1) is 0 Å². The zero-order valence-electron chi connectivity index (χ0n) is 14.5. The maximum absolute atomic E-state index is 12.5. The van der Waals surface area contributed by atoms with Crippen LogP contribution < -0.4 is 5.32 Å². The standard InChI is InChI=1S/C20H26N2O3/c23-19(24)18-4-2-1-3-17(18)13-7-9-22(10-8-13)20(25)21-16-6-5-14-11-15(14)12-16/h1-4,13-16H,5-12H2,(H,21,25)(H,23,24). The lowest BCUT2D eigenvalue weighted by Gasteiger charge is -2.34. The number of likely N-dealkylation sites (tertiary alicyclic amines) is 1. The third-order valence-electron chi connectivity index (χ3n) is 6.28. The molecular weight excluding hydrogens is 316 g/mol. The summed E-state index contributed by atoms with van der Waals surface area (Å²) in [5.74, 6) is 1.15. The molecule has 134 valence electrons. The molecule has 2 aliphatic carbocycles. The van der Waals surface area contributed by atoms with Crippen LogP contribution in [0.1, 0.15) is 60.4 Å². The fourth-order valence-electron chi connectivity index (χ4n) is 4.69. The summed E-state index contributed by atoms with van der Waals surface area (Å²) in [6.45, 7) is 1.40. The summed E-state index contributed by atoms with van der Waals surface area (Å²) < 4.78 is 0. The van der Waals surface area contributed by atoms with Crippen molar-refractivity contribution in [3.05, 3.63) is 35.4 Å². The number of nitrogens with zero attached hydrogens (tertiary/aromatic N) is 1. The number of piperidine rings is 1. The first kappa shape index (κ1) is 16.4. The van der Waals surface area contributed by atoms with E-state index in [-0.39, 0.29) is 11.9 Å². The number of carbonyl (C=O) groups excluding carboxylic acids is 1. The first-order valence-corrected chi connectivity index (χ1v) is 9.49. The van der Waals surface area contributed by atoms with E-state index in [2.05, 4.69) is 5.32 Å². The number of hydrogen-bond acceptors (Lipinski definition) is 2. The molecule has 0 radical (unpaired) electrons. The molecule has 25 heavy (non-hydrogen) atoms. The summed E-state index contributed by atoms with van der Waals surface area (Å²) in [6, 6.07) is 7.66. The number of fused-ring (bicyclic) bond motifs is 1. The minimum Gasteiger partial charge on any atom is -0.478 e. The van der Waals surface area contributed by atoms with Crippen LogP contribution in [0.5, 0.6) is 0 Å². The lowest BCUT2D eigenvalue weighted by atomic mass is 9.86. The normalized spacial score (nSPS) is 29.0. The summed E-state index contributed by atoms with van der Waals surface area (Å²) in [5, 5.41) is 12.6. The Morgan fingerprint density at radius 2 is 1.76 bits per heavy atom. The fraction of sp³-hybridized carbons (Fsp3) is 0.600. The van der Waals surface area contributed by atoms with E-state index < -0.39 is 5.97 Å². The van der Waals surface area contributed by atoms with Crippen molar-refractivity contribution in [1.82, 2.24) is 10.2 Å². The molecule has 0 spiro atoms. The highest BCUT2D eigenvalue weighted by Gasteiger charge is 2.42. The Labute approximate surface area is 148 Å². The second kappa shape index (κ2) is 6.70. The largest absolute Gasteiger partial charge is 0.478 e. The lowest BCUT2D eigenvalue weighted by Crippen LogP contribution is -2.48. The van der Waals surface area contributed by atoms with Gasteiger partial charge in [0.25, 0.3) is 0 Å². The fourth-order valence-corrected chi connectivity index (χ4v) is 4.69. The quantitative estimate of drug-likeness (QED) is 0.884. The van der Waals surface area contributed by atoms with E-state index in [0.29, 0.717) is 24.7 Å². The van der Waals surface area contributed by atoms with Gasteiger partial charge in [0, 0.05) is 19.1 Å². The molecule has 1 aliphatic heterocycles. The summed E-state index contributed by atoms with van der Waals surface area (Å²) in [7, 11) is 0. The Hall–Kier alpha value is -2.04. The van der Waals surface area contributed by atoms with E-state index in [1.165, 1.54) is 12.8 Å². The molecule has 3 aliphatic rings. The van der Waals surface area contributed by atoms with Gasteiger partial charge >= 0.3 is 12.0 Å². The van der Waals surface area contributed by atoms with Crippen LogP contribution in [-0.4, -0.2) is 41.1 Å². The number of carboxylic acids is 1. The molecule has 2 saturated carbocycles. The summed E-state index contributed by atoms with van der Waals surface area (Å²) in [6.07, 6.45) is 6.55. The van der Waals surface area contributed by atoms with Crippen LogP contribution in [0.15, 0.2) is 24.3 Å². The molecule has 2 N–H and O–H groups in total. The molecule has 0 aromatic heterocycles. The van der Waals surface area contributed by atoms with Crippen molar-refractivity contribution in [1.29, 1.82) is 0 Å². The summed E-state index contributed by atoms with van der Waals surface area (Å²) in [4.78, 5) is 25.8. The second-order valence-electron chi connectivity index (χ2n) is 7.87. The molecule has 5 nitrogen and oxygen atoms in total. The highest BCUT2D eigenvalue weighted by Crippen LogP contribution is 2.49. The Morgan fingerprint density at radius 3 is 2.48 bits per heavy atom. The number of nitrogens with one attached hydrogen (secondary N) is 1. The van der Waals surface area contributed by atoms with Gasteiger partial charge in [-0.2, -0.15) is 0 Å². The van der Waals surface area contributed by atoms with Crippen LogP contribution in [0.4, 0.5) is 4.79 Å². The Balaban J connectivity index is 1.32. The molecule has 1 aromatic rings. The van der Waals surface area contributed by atoms with Crippen molar-refractivity contribution in [2.24, 2.45) is 11.8 Å². The number of benzene rings is 1. The van der Waals surface area contributed by atoms with Gasteiger partial charge in [-0.25, -0.2) is 9.59 Å². The maximum Gasteiger partial charge on any atom is 0.335 e. The van der Waals surface area contributed by atoms with Crippen molar-refractivity contribution >= 4 is 12.0 Å². The molecule has 2 amide bonds. The predicted octanol–water partition coefficient (Wildman–Crippen LogP) is 3.46. The van der Waals surface area contributed by atoms with Crippen LogP contribution in [0.25, 0.3) is 0 Å². The highest BCUT2D eigenvalue weighted by atomic mass is 16.4. The van der Waals surface area contributed by atoms with E-state index in [1.54, 1.807) is 12.1 Å². The number of rotatable bonds is 3. The van der Waals surface area contributed by atoms with Gasteiger partial charge in [-0.1, -0.05) is 18.2 Å². The van der Waals surface area contributed by atoms with Gasteiger partial charge in [-0.05, 0) is 67.9 Å². The SMILES string of the molecule is O=C(O)c1ccccc1C1CCN(C(=O)NC2CCC3CC3C2)CC1. The second-order valence-corrected chi connectivity index (χ2v) is 7.87. The van der Waals surface area contributed by atoms with E-state index in [1.807, 2.05) is 17.0 Å². The summed E-state index contributed by atoms with van der Waals surface area (Å²) >= 11 is 0. The molecular formula is C20H26N2O3. The van der Waals surface area contributed by atoms with Gasteiger partial charge in [0.15, 0.2) is 0 Å². The number of aromatic carboxylic acids is 1. The predicted molar refractivity (Wildman–Crippen MR) is 94.7 cm³/mol. The first-order chi connectivity index (χ1) is 12.1. The smallest absolute Gasteiger partial charge is 0.335 e. The monoisotopic (exact) mass is 342 g/mol. The van der Waals surface area contributed by atoms with Crippen LogP contribution >= 0.6 is 0 Å². The number of urea groups is 1. The van der Waals surface area contributed by atoms with E-state index >= 15 is 0 Å². The molecule has 5 heteroatoms.